The fourth-order valence-corrected chi connectivity index (χ4v) is 5.18. The Labute approximate surface area is 178 Å². The number of Topliss-reactive ketones (excluding diaryl/α,β-unsaturated/α-hetero) is 1. The normalized spacial score (nSPS) is 20.8. The van der Waals surface area contributed by atoms with Crippen LogP contribution in [0.3, 0.4) is 0 Å². The van der Waals surface area contributed by atoms with Crippen LogP contribution in [0.5, 0.6) is 0 Å². The maximum atomic E-state index is 12.9. The quantitative estimate of drug-likeness (QED) is 0.754. The molecule has 2 aromatic rings. The molecule has 1 aromatic heterocycles. The first kappa shape index (κ1) is 19.3. The highest BCUT2D eigenvalue weighted by Crippen LogP contribution is 2.36. The Balaban J connectivity index is 1.42. The molecule has 5 heteroatoms. The molecule has 1 amide bonds. The Morgan fingerprint density at radius 2 is 1.90 bits per heavy atom. The van der Waals surface area contributed by atoms with Crippen LogP contribution in [0.1, 0.15) is 70.9 Å². The van der Waals surface area contributed by atoms with Gasteiger partial charge in [-0.05, 0) is 80.3 Å². The van der Waals surface area contributed by atoms with E-state index < -0.39 is 0 Å². The minimum absolute atomic E-state index is 0.115. The smallest absolute Gasteiger partial charge is 0.255 e. The Kier molecular flexibility index (Phi) is 5.05. The number of rotatable bonds is 3. The Morgan fingerprint density at radius 3 is 2.70 bits per heavy atom. The van der Waals surface area contributed by atoms with Gasteiger partial charge in [-0.25, -0.2) is 4.98 Å². The second-order valence-corrected chi connectivity index (χ2v) is 8.83. The average Bonchev–Trinajstić information content (AvgIpc) is 3.13. The first-order valence-corrected chi connectivity index (χ1v) is 11.4. The summed E-state index contributed by atoms with van der Waals surface area (Å²) in [6.07, 6.45) is 8.87. The second-order valence-electron chi connectivity index (χ2n) is 8.83. The molecule has 1 fully saturated rings. The van der Waals surface area contributed by atoms with E-state index in [9.17, 15) is 9.59 Å². The lowest BCUT2D eigenvalue weighted by atomic mass is 10.0. The van der Waals surface area contributed by atoms with E-state index in [-0.39, 0.29) is 17.6 Å². The molecular weight excluding hydrogens is 374 g/mol. The number of likely N-dealkylation sites (tertiary alicyclic amines) is 1. The fraction of sp³-hybridized carbons (Fsp3) is 0.480. The maximum Gasteiger partial charge on any atom is 0.255 e. The van der Waals surface area contributed by atoms with Gasteiger partial charge in [0.1, 0.15) is 5.82 Å². The van der Waals surface area contributed by atoms with E-state index in [1.807, 2.05) is 11.0 Å². The number of pyridine rings is 1. The van der Waals surface area contributed by atoms with E-state index in [1.165, 1.54) is 6.42 Å². The number of aryl methyl sites for hydroxylation is 1. The molecule has 0 saturated carbocycles. The van der Waals surface area contributed by atoms with Crippen molar-refractivity contribution < 1.29 is 9.59 Å². The number of amides is 1. The molecule has 1 saturated heterocycles. The van der Waals surface area contributed by atoms with Crippen molar-refractivity contribution >= 4 is 23.2 Å². The summed E-state index contributed by atoms with van der Waals surface area (Å²) in [5.74, 6) is 1.49. The Bertz CT molecular complexity index is 994. The summed E-state index contributed by atoms with van der Waals surface area (Å²) < 4.78 is 0. The number of hydrogen-bond acceptors (Lipinski definition) is 4. The van der Waals surface area contributed by atoms with Crippen LogP contribution in [-0.4, -0.2) is 41.2 Å². The molecule has 0 N–H and O–H groups in total. The van der Waals surface area contributed by atoms with Gasteiger partial charge in [-0.3, -0.25) is 9.59 Å². The van der Waals surface area contributed by atoms with E-state index in [2.05, 4.69) is 30.0 Å². The molecule has 0 bridgehead atoms. The van der Waals surface area contributed by atoms with Crippen LogP contribution in [0, 0.1) is 5.92 Å². The number of ketones is 1. The van der Waals surface area contributed by atoms with Gasteiger partial charge in [0.05, 0.1) is 5.56 Å². The number of anilines is 2. The van der Waals surface area contributed by atoms with Crippen molar-refractivity contribution in [1.29, 1.82) is 0 Å². The van der Waals surface area contributed by atoms with Gasteiger partial charge in [0.25, 0.3) is 5.91 Å². The first-order chi connectivity index (χ1) is 14.7. The highest BCUT2D eigenvalue weighted by molar-refractivity contribution is 6.02. The van der Waals surface area contributed by atoms with Crippen LogP contribution in [0.15, 0.2) is 30.5 Å². The van der Waals surface area contributed by atoms with Crippen molar-refractivity contribution in [2.75, 3.05) is 24.5 Å². The lowest BCUT2D eigenvalue weighted by Crippen LogP contribution is -2.36. The maximum absolute atomic E-state index is 12.9. The van der Waals surface area contributed by atoms with E-state index in [4.69, 9.17) is 4.98 Å². The van der Waals surface area contributed by atoms with Crippen LogP contribution in [0.2, 0.25) is 0 Å². The predicted octanol–water partition coefficient (Wildman–Crippen LogP) is 4.56. The molecule has 5 nitrogen and oxygen atoms in total. The molecule has 1 aliphatic carbocycles. The third kappa shape index (κ3) is 3.30. The first-order valence-electron chi connectivity index (χ1n) is 11.4. The van der Waals surface area contributed by atoms with Crippen LogP contribution in [0.4, 0.5) is 11.5 Å². The lowest BCUT2D eigenvalue weighted by Gasteiger charge is -2.31. The summed E-state index contributed by atoms with van der Waals surface area (Å²) in [5.41, 5.74) is 5.00. The summed E-state index contributed by atoms with van der Waals surface area (Å²) in [4.78, 5) is 34.3. The number of aromatic nitrogens is 1. The summed E-state index contributed by atoms with van der Waals surface area (Å²) in [5, 5.41) is 0. The summed E-state index contributed by atoms with van der Waals surface area (Å²) >= 11 is 0. The molecule has 30 heavy (non-hydrogen) atoms. The van der Waals surface area contributed by atoms with Crippen LogP contribution < -0.4 is 4.90 Å². The number of piperidine rings is 1. The van der Waals surface area contributed by atoms with E-state index in [0.717, 1.165) is 86.4 Å². The Morgan fingerprint density at radius 1 is 1.07 bits per heavy atom. The summed E-state index contributed by atoms with van der Waals surface area (Å²) in [6.45, 7) is 4.70. The minimum atomic E-state index is 0.115. The second kappa shape index (κ2) is 7.86. The van der Waals surface area contributed by atoms with Crippen molar-refractivity contribution in [3.63, 3.8) is 0 Å². The number of carbonyl (C=O) groups is 2. The number of fused-ring (bicyclic) bond motifs is 2. The van der Waals surface area contributed by atoms with Gasteiger partial charge in [0, 0.05) is 43.0 Å². The largest absolute Gasteiger partial charge is 0.339 e. The molecule has 1 aromatic carbocycles. The molecular formula is C25H29N3O2. The van der Waals surface area contributed by atoms with Gasteiger partial charge >= 0.3 is 0 Å². The standard InChI is InChI=1S/C25H29N3O2/c1-2-17-13-19-15-21(8-9-22(19)23(17)29)28-12-6-7-18-14-20(16-26-24(18)28)25(30)27-10-4-3-5-11-27/h8-9,14-17H,2-7,10-13H2,1H3. The zero-order valence-electron chi connectivity index (χ0n) is 17.7. The molecule has 1 unspecified atom stereocenters. The van der Waals surface area contributed by atoms with Gasteiger partial charge in [-0.1, -0.05) is 6.92 Å². The fourth-order valence-electron chi connectivity index (χ4n) is 5.18. The lowest BCUT2D eigenvalue weighted by molar-refractivity contribution is 0.0723. The molecule has 0 spiro atoms. The topological polar surface area (TPSA) is 53.5 Å². The van der Waals surface area contributed by atoms with Crippen LogP contribution in [-0.2, 0) is 12.8 Å². The van der Waals surface area contributed by atoms with Crippen LogP contribution >= 0.6 is 0 Å². The van der Waals surface area contributed by atoms with Gasteiger partial charge in [-0.15, -0.1) is 0 Å². The molecule has 2 aliphatic heterocycles. The molecule has 5 rings (SSSR count). The number of nitrogens with zero attached hydrogens (tertiary/aromatic N) is 3. The van der Waals surface area contributed by atoms with Crippen molar-refractivity contribution in [2.45, 2.75) is 51.9 Å². The van der Waals surface area contributed by atoms with Crippen LogP contribution in [0.25, 0.3) is 0 Å². The third-order valence-corrected chi connectivity index (χ3v) is 6.91. The van der Waals surface area contributed by atoms with Crippen molar-refractivity contribution in [2.24, 2.45) is 5.92 Å². The van der Waals surface area contributed by atoms with Crippen molar-refractivity contribution in [3.8, 4) is 0 Å². The van der Waals surface area contributed by atoms with Gasteiger partial charge in [0.15, 0.2) is 5.78 Å². The number of hydrogen-bond donors (Lipinski definition) is 0. The molecule has 3 heterocycles. The molecule has 3 aliphatic rings. The molecule has 156 valence electrons. The van der Waals surface area contributed by atoms with Gasteiger partial charge in [-0.2, -0.15) is 0 Å². The molecule has 0 radical (unpaired) electrons. The average molecular weight is 404 g/mol. The highest BCUT2D eigenvalue weighted by Gasteiger charge is 2.30. The van der Waals surface area contributed by atoms with Crippen molar-refractivity contribution in [3.05, 3.63) is 52.7 Å². The van der Waals surface area contributed by atoms with Gasteiger partial charge < -0.3 is 9.80 Å². The zero-order valence-corrected chi connectivity index (χ0v) is 17.7. The third-order valence-electron chi connectivity index (χ3n) is 6.91. The number of benzene rings is 1. The monoisotopic (exact) mass is 403 g/mol. The number of carbonyl (C=O) groups excluding carboxylic acids is 2. The Hall–Kier alpha value is -2.69. The van der Waals surface area contributed by atoms with E-state index in [0.29, 0.717) is 5.56 Å². The van der Waals surface area contributed by atoms with E-state index >= 15 is 0 Å². The van der Waals surface area contributed by atoms with Gasteiger partial charge in [0.2, 0.25) is 0 Å². The minimum Gasteiger partial charge on any atom is -0.339 e. The zero-order chi connectivity index (χ0) is 20.7. The summed E-state index contributed by atoms with van der Waals surface area (Å²) in [7, 11) is 0. The summed E-state index contributed by atoms with van der Waals surface area (Å²) in [6, 6.07) is 8.27. The van der Waals surface area contributed by atoms with E-state index in [1.54, 1.807) is 6.20 Å². The molecule has 1 atom stereocenters. The predicted molar refractivity (Wildman–Crippen MR) is 118 cm³/mol. The van der Waals surface area contributed by atoms with Crippen molar-refractivity contribution in [1.82, 2.24) is 9.88 Å². The highest BCUT2D eigenvalue weighted by atomic mass is 16.2. The SMILES string of the molecule is CCC1Cc2cc(N3CCCc4cc(C(=O)N5CCCCC5)cnc43)ccc2C1=O.